The summed E-state index contributed by atoms with van der Waals surface area (Å²) >= 11 is 1.17. The summed E-state index contributed by atoms with van der Waals surface area (Å²) in [5.74, 6) is -0.713. The van der Waals surface area contributed by atoms with Crippen molar-refractivity contribution in [1.82, 2.24) is 9.29 Å². The summed E-state index contributed by atoms with van der Waals surface area (Å²) in [6.45, 7) is 0.555. The monoisotopic (exact) mass is 548 g/mol. The molecule has 0 aliphatic carbocycles. The van der Waals surface area contributed by atoms with E-state index >= 15 is 0 Å². The third-order valence-corrected chi connectivity index (χ3v) is 10.0. The summed E-state index contributed by atoms with van der Waals surface area (Å²) in [6, 6.07) is 15.6. The Morgan fingerprint density at radius 1 is 1.06 bits per heavy atom. The van der Waals surface area contributed by atoms with Crippen LogP contribution in [0.1, 0.15) is 24.8 Å². The number of thiazole rings is 1. The SMILES string of the molecule is O=C(Nc1ccc(S(=O)(=O)Nc2nccs2)cc1)[C@@H]1CCCN(S(=O)(=O)CCCc2ccccc2)C1. The number of carbonyl (C=O) groups is 1. The van der Waals surface area contributed by atoms with Gasteiger partial charge in [0, 0.05) is 30.4 Å². The van der Waals surface area contributed by atoms with Gasteiger partial charge in [-0.15, -0.1) is 11.3 Å². The quantitative estimate of drug-likeness (QED) is 0.399. The van der Waals surface area contributed by atoms with Crippen LogP contribution >= 0.6 is 11.3 Å². The predicted molar refractivity (Wildman–Crippen MR) is 141 cm³/mol. The van der Waals surface area contributed by atoms with Gasteiger partial charge in [0.25, 0.3) is 10.0 Å². The van der Waals surface area contributed by atoms with E-state index in [1.165, 1.54) is 46.1 Å². The van der Waals surface area contributed by atoms with E-state index < -0.39 is 26.0 Å². The summed E-state index contributed by atoms with van der Waals surface area (Å²) in [7, 11) is -7.25. The number of hydrogen-bond acceptors (Lipinski definition) is 7. The van der Waals surface area contributed by atoms with Crippen molar-refractivity contribution in [2.24, 2.45) is 5.92 Å². The van der Waals surface area contributed by atoms with Gasteiger partial charge in [-0.05, 0) is 55.5 Å². The van der Waals surface area contributed by atoms with E-state index in [2.05, 4.69) is 15.0 Å². The molecule has 2 heterocycles. The fourth-order valence-electron chi connectivity index (χ4n) is 4.05. The van der Waals surface area contributed by atoms with Crippen LogP contribution in [0.5, 0.6) is 0 Å². The summed E-state index contributed by atoms with van der Waals surface area (Å²) in [4.78, 5) is 16.8. The topological polar surface area (TPSA) is 126 Å². The molecule has 2 N–H and O–H groups in total. The molecule has 4 rings (SSSR count). The van der Waals surface area contributed by atoms with Crippen LogP contribution < -0.4 is 10.0 Å². The molecular formula is C24H28N4O5S3. The highest BCUT2D eigenvalue weighted by Crippen LogP contribution is 2.23. The molecule has 1 aliphatic heterocycles. The Hall–Kier alpha value is -2.80. The largest absolute Gasteiger partial charge is 0.326 e. The molecule has 9 nitrogen and oxygen atoms in total. The van der Waals surface area contributed by atoms with Crippen molar-refractivity contribution < 1.29 is 21.6 Å². The van der Waals surface area contributed by atoms with Crippen LogP contribution in [-0.2, 0) is 31.3 Å². The van der Waals surface area contributed by atoms with Crippen molar-refractivity contribution in [3.05, 3.63) is 71.7 Å². The molecule has 1 aliphatic rings. The zero-order valence-electron chi connectivity index (χ0n) is 19.5. The molecular weight excluding hydrogens is 520 g/mol. The van der Waals surface area contributed by atoms with Gasteiger partial charge in [-0.2, -0.15) is 0 Å². The molecule has 0 saturated carbocycles. The van der Waals surface area contributed by atoms with Crippen LogP contribution in [0, 0.1) is 5.92 Å². The van der Waals surface area contributed by atoms with Gasteiger partial charge in [-0.25, -0.2) is 26.1 Å². The van der Waals surface area contributed by atoms with Crippen LogP contribution in [0.3, 0.4) is 0 Å². The molecule has 12 heteroatoms. The maximum Gasteiger partial charge on any atom is 0.263 e. The van der Waals surface area contributed by atoms with E-state index in [0.717, 1.165) is 5.56 Å². The van der Waals surface area contributed by atoms with Crippen molar-refractivity contribution in [3.8, 4) is 0 Å². The van der Waals surface area contributed by atoms with Gasteiger partial charge in [0.15, 0.2) is 5.13 Å². The van der Waals surface area contributed by atoms with Crippen LogP contribution in [-0.4, -0.2) is 50.9 Å². The summed E-state index contributed by atoms with van der Waals surface area (Å²) < 4.78 is 54.5. The van der Waals surface area contributed by atoms with Crippen LogP contribution in [0.4, 0.5) is 10.8 Å². The third kappa shape index (κ3) is 6.90. The number of rotatable bonds is 10. The Labute approximate surface area is 215 Å². The summed E-state index contributed by atoms with van der Waals surface area (Å²) in [5, 5.41) is 4.72. The highest BCUT2D eigenvalue weighted by molar-refractivity contribution is 7.93. The number of aromatic nitrogens is 1. The standard InChI is InChI=1S/C24H28N4O5S3/c29-23(26-21-10-12-22(13-11-21)36(32,33)27-24-25-14-16-34-24)20-9-4-15-28(18-20)35(30,31)17-5-8-19-6-2-1-3-7-19/h1-3,6-7,10-14,16,20H,4-5,8-9,15,17-18H2,(H,25,27)(H,26,29)/t20-/m1/s1. The second-order valence-electron chi connectivity index (χ2n) is 8.56. The van der Waals surface area contributed by atoms with Crippen LogP contribution in [0.15, 0.2) is 71.1 Å². The third-order valence-electron chi connectivity index (χ3n) is 5.95. The number of nitrogens with zero attached hydrogens (tertiary/aromatic N) is 2. The summed E-state index contributed by atoms with van der Waals surface area (Å²) in [6.07, 6.45) is 3.90. The van der Waals surface area contributed by atoms with Gasteiger partial charge in [0.05, 0.1) is 16.6 Å². The van der Waals surface area contributed by atoms with E-state index in [1.54, 1.807) is 5.38 Å². The average molecular weight is 549 g/mol. The van der Waals surface area contributed by atoms with Crippen molar-refractivity contribution in [3.63, 3.8) is 0 Å². The van der Waals surface area contributed by atoms with Crippen LogP contribution in [0.2, 0.25) is 0 Å². The Morgan fingerprint density at radius 3 is 2.50 bits per heavy atom. The molecule has 1 aromatic heterocycles. The number of piperidine rings is 1. The molecule has 0 radical (unpaired) electrons. The second-order valence-corrected chi connectivity index (χ2v) is 13.2. The normalized spacial score (nSPS) is 16.9. The van der Waals surface area contributed by atoms with E-state index in [1.807, 2.05) is 30.3 Å². The Morgan fingerprint density at radius 2 is 1.81 bits per heavy atom. The lowest BCUT2D eigenvalue weighted by Crippen LogP contribution is -2.44. The Kier molecular flexibility index (Phi) is 8.39. The van der Waals surface area contributed by atoms with Gasteiger partial charge < -0.3 is 5.32 Å². The molecule has 1 atom stereocenters. The molecule has 1 fully saturated rings. The van der Waals surface area contributed by atoms with E-state index in [0.29, 0.717) is 37.9 Å². The van der Waals surface area contributed by atoms with Gasteiger partial charge in [0.1, 0.15) is 0 Å². The first-order chi connectivity index (χ1) is 17.2. The number of nitrogens with one attached hydrogen (secondary N) is 2. The van der Waals surface area contributed by atoms with Crippen molar-refractivity contribution in [1.29, 1.82) is 0 Å². The lowest BCUT2D eigenvalue weighted by molar-refractivity contribution is -0.120. The minimum Gasteiger partial charge on any atom is -0.326 e. The zero-order valence-corrected chi connectivity index (χ0v) is 22.0. The van der Waals surface area contributed by atoms with Gasteiger partial charge in [-0.1, -0.05) is 30.3 Å². The number of hydrogen-bond donors (Lipinski definition) is 2. The molecule has 2 aromatic carbocycles. The first kappa shape index (κ1) is 26.3. The molecule has 0 unspecified atom stereocenters. The molecule has 0 bridgehead atoms. The molecule has 1 saturated heterocycles. The van der Waals surface area contributed by atoms with E-state index in [4.69, 9.17) is 0 Å². The number of carbonyl (C=O) groups excluding carboxylic acids is 1. The molecule has 36 heavy (non-hydrogen) atoms. The highest BCUT2D eigenvalue weighted by Gasteiger charge is 2.32. The average Bonchev–Trinajstić information content (AvgIpc) is 3.37. The number of anilines is 2. The lowest BCUT2D eigenvalue weighted by Gasteiger charge is -2.31. The van der Waals surface area contributed by atoms with Crippen molar-refractivity contribution >= 4 is 48.1 Å². The van der Waals surface area contributed by atoms with Gasteiger partial charge in [-0.3, -0.25) is 9.52 Å². The van der Waals surface area contributed by atoms with E-state index in [9.17, 15) is 21.6 Å². The minimum absolute atomic E-state index is 0.0427. The van der Waals surface area contributed by atoms with Crippen LogP contribution in [0.25, 0.3) is 0 Å². The summed E-state index contributed by atoms with van der Waals surface area (Å²) in [5.41, 5.74) is 1.54. The Bertz CT molecular complexity index is 1360. The molecule has 1 amide bonds. The van der Waals surface area contributed by atoms with Gasteiger partial charge in [0.2, 0.25) is 15.9 Å². The molecule has 192 valence electrons. The fraction of sp³-hybridized carbons (Fsp3) is 0.333. The molecule has 3 aromatic rings. The minimum atomic E-state index is -3.79. The lowest BCUT2D eigenvalue weighted by atomic mass is 9.99. The van der Waals surface area contributed by atoms with Gasteiger partial charge >= 0.3 is 0 Å². The second kappa shape index (κ2) is 11.5. The Balaban J connectivity index is 1.31. The zero-order chi connectivity index (χ0) is 25.6. The maximum absolute atomic E-state index is 12.9. The van der Waals surface area contributed by atoms with Crippen molar-refractivity contribution in [2.45, 2.75) is 30.6 Å². The smallest absolute Gasteiger partial charge is 0.263 e. The number of sulfonamides is 2. The maximum atomic E-state index is 12.9. The fourth-order valence-corrected chi connectivity index (χ4v) is 7.42. The number of amides is 1. The predicted octanol–water partition coefficient (Wildman–Crippen LogP) is 3.56. The molecule has 0 spiro atoms. The number of benzene rings is 2. The first-order valence-corrected chi connectivity index (χ1v) is 15.6. The number of aryl methyl sites for hydroxylation is 1. The first-order valence-electron chi connectivity index (χ1n) is 11.6. The van der Waals surface area contributed by atoms with E-state index in [-0.39, 0.29) is 28.2 Å². The highest BCUT2D eigenvalue weighted by atomic mass is 32.2. The van der Waals surface area contributed by atoms with Crippen molar-refractivity contribution in [2.75, 3.05) is 28.9 Å².